The Bertz CT molecular complexity index is 1550. The summed E-state index contributed by atoms with van der Waals surface area (Å²) in [6.45, 7) is 1.85. The van der Waals surface area contributed by atoms with Crippen molar-refractivity contribution >= 4 is 23.8 Å². The number of hydrogen-bond donors (Lipinski definition) is 4. The Balaban J connectivity index is 0.000000334. The third kappa shape index (κ3) is 3.94. The average Bonchev–Trinajstić information content (AvgIpc) is 3.67. The number of aliphatic carboxylic acids is 2. The highest BCUT2D eigenvalue weighted by Gasteiger charge is 2.74. The van der Waals surface area contributed by atoms with E-state index >= 15 is 0 Å². The van der Waals surface area contributed by atoms with Crippen molar-refractivity contribution < 1.29 is 44.3 Å². The number of piperidine rings is 1. The number of carbonyl (C=O) groups is 4. The number of hydrogen-bond acceptors (Lipinski definition) is 8. The monoisotopic (exact) mass is 588 g/mol. The van der Waals surface area contributed by atoms with E-state index in [1.165, 1.54) is 17.7 Å². The summed E-state index contributed by atoms with van der Waals surface area (Å²) in [7, 11) is 0. The Morgan fingerprint density at radius 1 is 0.953 bits per heavy atom. The quantitative estimate of drug-likeness (QED) is 0.301. The summed E-state index contributed by atoms with van der Waals surface area (Å²) in [6, 6.07) is 10.1. The zero-order valence-electron chi connectivity index (χ0n) is 23.3. The molecule has 11 heteroatoms. The van der Waals surface area contributed by atoms with E-state index in [1.807, 2.05) is 6.07 Å². The lowest BCUT2D eigenvalue weighted by atomic mass is 9.48. The number of fused-ring (bicyclic) bond motifs is 1. The molecule has 6 aliphatic rings. The number of ether oxygens (including phenoxy) is 1. The lowest BCUT2D eigenvalue weighted by Crippen LogP contribution is -2.78. The number of amides is 2. The summed E-state index contributed by atoms with van der Waals surface area (Å²) in [4.78, 5) is 49.9. The molecule has 0 radical (unpaired) electrons. The predicted molar refractivity (Wildman–Crippen MR) is 150 cm³/mol. The smallest absolute Gasteiger partial charge is 0.328 e. The van der Waals surface area contributed by atoms with E-state index in [-0.39, 0.29) is 23.6 Å². The van der Waals surface area contributed by atoms with Gasteiger partial charge in [-0.25, -0.2) is 9.59 Å². The number of aromatic hydroxyl groups is 1. The van der Waals surface area contributed by atoms with Gasteiger partial charge in [-0.3, -0.25) is 19.4 Å². The number of carboxylic acids is 2. The SMILES string of the molecule is O=C(O)/C=C/C(=O)O.O=C1c2ccccc2C(=O)N1[C@@H]1CC[C@@]2(O)[C@H]3Cc4ccc(O)c5c4[C@@]2(CCN3CC2CC2)[C@H]1O5. The van der Waals surface area contributed by atoms with Crippen LogP contribution >= 0.6 is 0 Å². The van der Waals surface area contributed by atoms with Crippen molar-refractivity contribution in [3.05, 3.63) is 70.8 Å². The van der Waals surface area contributed by atoms with Gasteiger partial charge in [-0.05, 0) is 74.8 Å². The maximum Gasteiger partial charge on any atom is 0.328 e. The van der Waals surface area contributed by atoms with Crippen molar-refractivity contribution in [3.63, 3.8) is 0 Å². The highest BCUT2D eigenvalue weighted by atomic mass is 16.5. The van der Waals surface area contributed by atoms with Gasteiger partial charge < -0.3 is 25.2 Å². The summed E-state index contributed by atoms with van der Waals surface area (Å²) < 4.78 is 6.55. The second kappa shape index (κ2) is 9.65. The minimum atomic E-state index is -1.26. The van der Waals surface area contributed by atoms with Crippen LogP contribution in [-0.2, 0) is 21.4 Å². The zero-order valence-corrected chi connectivity index (χ0v) is 23.3. The maximum absolute atomic E-state index is 13.5. The van der Waals surface area contributed by atoms with Crippen LogP contribution in [0.25, 0.3) is 0 Å². The van der Waals surface area contributed by atoms with E-state index in [9.17, 15) is 29.4 Å². The topological polar surface area (TPSA) is 165 Å². The summed E-state index contributed by atoms with van der Waals surface area (Å²) in [5.74, 6) is -1.88. The predicted octanol–water partition coefficient (Wildman–Crippen LogP) is 2.33. The average molecular weight is 589 g/mol. The van der Waals surface area contributed by atoms with Crippen LogP contribution in [0, 0.1) is 5.92 Å². The van der Waals surface area contributed by atoms with Gasteiger partial charge in [0.15, 0.2) is 11.5 Å². The van der Waals surface area contributed by atoms with Crippen molar-refractivity contribution in [2.45, 2.75) is 67.7 Å². The second-order valence-corrected chi connectivity index (χ2v) is 12.4. The first-order valence-electron chi connectivity index (χ1n) is 14.7. The van der Waals surface area contributed by atoms with Crippen molar-refractivity contribution in [1.29, 1.82) is 0 Å². The Morgan fingerprint density at radius 3 is 2.21 bits per heavy atom. The zero-order chi connectivity index (χ0) is 30.3. The fourth-order valence-electron chi connectivity index (χ4n) is 8.37. The van der Waals surface area contributed by atoms with Gasteiger partial charge in [0.1, 0.15) is 6.10 Å². The first-order valence-corrected chi connectivity index (χ1v) is 14.7. The van der Waals surface area contributed by atoms with E-state index in [1.54, 1.807) is 30.3 Å². The number of aliphatic hydroxyl groups is 1. The van der Waals surface area contributed by atoms with E-state index in [0.29, 0.717) is 48.3 Å². The van der Waals surface area contributed by atoms with Crippen molar-refractivity contribution in [3.8, 4) is 11.5 Å². The van der Waals surface area contributed by atoms with Gasteiger partial charge >= 0.3 is 11.9 Å². The molecule has 43 heavy (non-hydrogen) atoms. The molecule has 3 aliphatic heterocycles. The molecular formula is C32H32N2O9. The van der Waals surface area contributed by atoms with Crippen molar-refractivity contribution in [2.75, 3.05) is 13.1 Å². The fraction of sp³-hybridized carbons (Fsp3) is 0.438. The molecule has 2 amide bonds. The molecule has 2 aromatic carbocycles. The number of benzene rings is 2. The molecule has 224 valence electrons. The fourth-order valence-corrected chi connectivity index (χ4v) is 8.37. The highest BCUT2D eigenvalue weighted by Crippen LogP contribution is 2.66. The number of imide groups is 1. The summed E-state index contributed by atoms with van der Waals surface area (Å²) in [5, 5.41) is 39.0. The molecule has 2 aromatic rings. The van der Waals surface area contributed by atoms with Crippen molar-refractivity contribution in [1.82, 2.24) is 9.80 Å². The molecule has 8 rings (SSSR count). The lowest BCUT2D eigenvalue weighted by molar-refractivity contribution is -0.196. The molecule has 1 saturated heterocycles. The molecule has 0 unspecified atom stereocenters. The Hall–Kier alpha value is -4.22. The molecule has 3 fully saturated rings. The van der Waals surface area contributed by atoms with Crippen LogP contribution in [0.3, 0.4) is 0 Å². The number of rotatable bonds is 5. The molecule has 3 aliphatic carbocycles. The lowest BCUT2D eigenvalue weighted by Gasteiger charge is -2.64. The van der Waals surface area contributed by atoms with Gasteiger partial charge in [0, 0.05) is 30.3 Å². The normalized spacial score (nSPS) is 31.7. The van der Waals surface area contributed by atoms with E-state index in [4.69, 9.17) is 14.9 Å². The van der Waals surface area contributed by atoms with Crippen LogP contribution in [0.1, 0.15) is 63.9 Å². The molecule has 3 heterocycles. The first kappa shape index (κ1) is 27.6. The number of phenolic OH excluding ortho intramolecular Hbond substituents is 1. The Labute approximate surface area is 247 Å². The molecule has 5 atom stereocenters. The third-order valence-corrected chi connectivity index (χ3v) is 10.3. The molecule has 2 bridgehead atoms. The molecule has 0 aromatic heterocycles. The Morgan fingerprint density at radius 2 is 1.60 bits per heavy atom. The summed E-state index contributed by atoms with van der Waals surface area (Å²) in [5.41, 5.74) is 1.09. The standard InChI is InChI=1S/C28H28N2O5.C4H4O4/c31-20-8-7-16-13-21-28(34)10-9-19(30-25(32)17-3-1-2-4-18(17)26(30)33)24-27(28,22(16)23(20)35-24)11-12-29(21)14-15-5-6-15;5-3(6)1-2-4(7)8/h1-4,7-8,15,19,21,24,31,34H,5-6,9-14H2;1-2H,(H,5,6)(H,7,8)/b;2-1+/t19-,21-,24+,27+,28-;/m1./s1. The number of likely N-dealkylation sites (tertiary alicyclic amines) is 1. The molecule has 2 saturated carbocycles. The summed E-state index contributed by atoms with van der Waals surface area (Å²) in [6.07, 6.45) is 5.42. The van der Waals surface area contributed by atoms with Crippen LogP contribution < -0.4 is 4.74 Å². The van der Waals surface area contributed by atoms with E-state index < -0.39 is 35.1 Å². The van der Waals surface area contributed by atoms with Crippen LogP contribution in [0.5, 0.6) is 11.5 Å². The highest BCUT2D eigenvalue weighted by molar-refractivity contribution is 6.21. The maximum atomic E-state index is 13.5. The Kier molecular flexibility index (Phi) is 6.19. The van der Waals surface area contributed by atoms with Crippen LogP contribution in [0.4, 0.5) is 0 Å². The van der Waals surface area contributed by atoms with Crippen molar-refractivity contribution in [2.24, 2.45) is 5.92 Å². The third-order valence-electron chi connectivity index (χ3n) is 10.3. The van der Waals surface area contributed by atoms with E-state index in [0.717, 1.165) is 36.6 Å². The van der Waals surface area contributed by atoms with Crippen LogP contribution in [0.2, 0.25) is 0 Å². The largest absolute Gasteiger partial charge is 0.504 e. The van der Waals surface area contributed by atoms with Crippen LogP contribution in [-0.4, -0.2) is 90.9 Å². The number of carboxylic acid groups (broad SMARTS) is 2. The first-order chi connectivity index (χ1) is 20.6. The van der Waals surface area contributed by atoms with Gasteiger partial charge in [0.25, 0.3) is 11.8 Å². The van der Waals surface area contributed by atoms with Gasteiger partial charge in [-0.15, -0.1) is 0 Å². The molecule has 4 N–H and O–H groups in total. The van der Waals surface area contributed by atoms with Gasteiger partial charge in [-0.2, -0.15) is 0 Å². The minimum absolute atomic E-state index is 0.0333. The van der Waals surface area contributed by atoms with Crippen LogP contribution in [0.15, 0.2) is 48.6 Å². The minimum Gasteiger partial charge on any atom is -0.504 e. The molecule has 1 spiro atoms. The number of carbonyl (C=O) groups excluding carboxylic acids is 2. The van der Waals surface area contributed by atoms with E-state index in [2.05, 4.69) is 4.90 Å². The van der Waals surface area contributed by atoms with Gasteiger partial charge in [0.2, 0.25) is 0 Å². The molecular weight excluding hydrogens is 556 g/mol. The van der Waals surface area contributed by atoms with Gasteiger partial charge in [-0.1, -0.05) is 18.2 Å². The van der Waals surface area contributed by atoms with Gasteiger partial charge in [0.05, 0.1) is 28.2 Å². The number of nitrogens with zero attached hydrogens (tertiary/aromatic N) is 2. The molecule has 11 nitrogen and oxygen atoms in total. The number of phenols is 1. The summed E-state index contributed by atoms with van der Waals surface area (Å²) >= 11 is 0. The second-order valence-electron chi connectivity index (χ2n) is 12.4.